The average molecular weight is 302 g/mol. The van der Waals surface area contributed by atoms with E-state index in [0.29, 0.717) is 18.5 Å². The summed E-state index contributed by atoms with van der Waals surface area (Å²) in [5, 5.41) is 0.0627. The second-order valence-electron chi connectivity index (χ2n) is 4.40. The summed E-state index contributed by atoms with van der Waals surface area (Å²) in [5.41, 5.74) is 2.59. The van der Waals surface area contributed by atoms with Crippen molar-refractivity contribution in [3.05, 3.63) is 45.2 Å². The van der Waals surface area contributed by atoms with Crippen molar-refractivity contribution >= 4 is 35.6 Å². The number of hydrogen-bond acceptors (Lipinski definition) is 4. The Balaban J connectivity index is 2.32. The lowest BCUT2D eigenvalue weighted by Gasteiger charge is -2.24. The molecule has 0 radical (unpaired) electrons. The van der Waals surface area contributed by atoms with Gasteiger partial charge in [-0.1, -0.05) is 30.2 Å². The third-order valence-electron chi connectivity index (χ3n) is 3.08. The highest BCUT2D eigenvalue weighted by Crippen LogP contribution is 2.48. The molecule has 0 aliphatic carbocycles. The molecule has 2 nitrogen and oxygen atoms in total. The van der Waals surface area contributed by atoms with Crippen molar-refractivity contribution in [3.8, 4) is 12.3 Å². The van der Waals surface area contributed by atoms with Crippen molar-refractivity contribution in [3.63, 3.8) is 0 Å². The van der Waals surface area contributed by atoms with Gasteiger partial charge in [-0.05, 0) is 18.1 Å². The van der Waals surface area contributed by atoms with E-state index >= 15 is 0 Å². The van der Waals surface area contributed by atoms with Crippen LogP contribution >= 0.6 is 23.5 Å². The van der Waals surface area contributed by atoms with Crippen LogP contribution in [0.5, 0.6) is 0 Å². The predicted molar refractivity (Wildman–Crippen MR) is 85.5 cm³/mol. The average Bonchev–Trinajstić information content (AvgIpc) is 2.45. The van der Waals surface area contributed by atoms with Crippen LogP contribution in [0, 0.1) is 19.3 Å². The highest BCUT2D eigenvalue weighted by Gasteiger charge is 2.29. The largest absolute Gasteiger partial charge is 0.298 e. The first-order valence-electron chi connectivity index (χ1n) is 6.18. The summed E-state index contributed by atoms with van der Waals surface area (Å²) in [6, 6.07) is 8.03. The lowest BCUT2D eigenvalue weighted by Crippen LogP contribution is -2.15. The molecular formula is C16H14O2S2. The molecule has 0 saturated heterocycles. The standard InChI is InChI=1S/C16H14O2S2/c1-3-8-19-16-13(10-17)14(18)9-15(20-16)12-7-5-4-6-11(12)2/h1,4-7,10,15H,8-9H2,2H3. The summed E-state index contributed by atoms with van der Waals surface area (Å²) < 4.78 is 0.752. The Labute approximate surface area is 127 Å². The molecule has 1 heterocycles. The summed E-state index contributed by atoms with van der Waals surface area (Å²) in [5.74, 6) is 2.90. The van der Waals surface area contributed by atoms with Crippen LogP contribution < -0.4 is 0 Å². The van der Waals surface area contributed by atoms with Gasteiger partial charge in [-0.25, -0.2) is 0 Å². The topological polar surface area (TPSA) is 34.1 Å². The van der Waals surface area contributed by atoms with Gasteiger partial charge in [0, 0.05) is 11.7 Å². The minimum absolute atomic E-state index is 0.0627. The molecule has 1 unspecified atom stereocenters. The van der Waals surface area contributed by atoms with Gasteiger partial charge in [0.25, 0.3) is 0 Å². The minimum Gasteiger partial charge on any atom is -0.298 e. The molecule has 0 bridgehead atoms. The van der Waals surface area contributed by atoms with Crippen molar-refractivity contribution in [1.82, 2.24) is 0 Å². The molecule has 0 saturated carbocycles. The highest BCUT2D eigenvalue weighted by molar-refractivity contribution is 8.22. The minimum atomic E-state index is -0.0912. The zero-order chi connectivity index (χ0) is 14.5. The van der Waals surface area contributed by atoms with E-state index in [-0.39, 0.29) is 16.6 Å². The van der Waals surface area contributed by atoms with Gasteiger partial charge in [0.2, 0.25) is 0 Å². The zero-order valence-corrected chi connectivity index (χ0v) is 12.7. The van der Waals surface area contributed by atoms with Gasteiger partial charge in [0.15, 0.2) is 12.1 Å². The third kappa shape index (κ3) is 3.17. The second kappa shape index (κ2) is 6.83. The maximum atomic E-state index is 12.1. The Hall–Kier alpha value is -1.44. The smallest absolute Gasteiger partial charge is 0.169 e. The van der Waals surface area contributed by atoms with E-state index in [2.05, 4.69) is 5.92 Å². The predicted octanol–water partition coefficient (Wildman–Crippen LogP) is 3.52. The Morgan fingerprint density at radius 2 is 2.25 bits per heavy atom. The van der Waals surface area contributed by atoms with E-state index in [1.165, 1.54) is 11.8 Å². The number of hydrogen-bond donors (Lipinski definition) is 0. The first-order chi connectivity index (χ1) is 9.67. The van der Waals surface area contributed by atoms with Crippen LogP contribution in [0.25, 0.3) is 0 Å². The summed E-state index contributed by atoms with van der Waals surface area (Å²) in [4.78, 5) is 23.2. The van der Waals surface area contributed by atoms with Crippen molar-refractivity contribution < 1.29 is 9.59 Å². The molecule has 4 heteroatoms. The van der Waals surface area contributed by atoms with E-state index in [1.807, 2.05) is 31.2 Å². The molecule has 0 spiro atoms. The maximum absolute atomic E-state index is 12.1. The van der Waals surface area contributed by atoms with Crippen LogP contribution in [0.15, 0.2) is 34.1 Å². The van der Waals surface area contributed by atoms with Crippen LogP contribution in [0.3, 0.4) is 0 Å². The van der Waals surface area contributed by atoms with Crippen molar-refractivity contribution in [1.29, 1.82) is 0 Å². The van der Waals surface area contributed by atoms with Crippen molar-refractivity contribution in [2.75, 3.05) is 5.75 Å². The molecule has 1 aliphatic rings. The van der Waals surface area contributed by atoms with Gasteiger partial charge in [0.05, 0.1) is 15.6 Å². The fourth-order valence-corrected chi connectivity index (χ4v) is 4.58. The lowest BCUT2D eigenvalue weighted by atomic mass is 9.99. The number of terminal acetylenes is 1. The summed E-state index contributed by atoms with van der Waals surface area (Å²) in [6.45, 7) is 2.04. The van der Waals surface area contributed by atoms with E-state index in [1.54, 1.807) is 11.8 Å². The number of aldehydes is 1. The van der Waals surface area contributed by atoms with E-state index in [4.69, 9.17) is 6.42 Å². The van der Waals surface area contributed by atoms with E-state index in [9.17, 15) is 9.59 Å². The van der Waals surface area contributed by atoms with Gasteiger partial charge in [-0.15, -0.1) is 29.9 Å². The Kier molecular flexibility index (Phi) is 5.11. The SMILES string of the molecule is C#CCSC1=C(C=O)C(=O)CC(c2ccccc2C)S1. The lowest BCUT2D eigenvalue weighted by molar-refractivity contribution is -0.117. The molecule has 20 heavy (non-hydrogen) atoms. The molecule has 0 aromatic heterocycles. The maximum Gasteiger partial charge on any atom is 0.169 e. The molecule has 0 N–H and O–H groups in total. The normalized spacial score (nSPS) is 18.8. The number of allylic oxidation sites excluding steroid dienone is 1. The molecule has 1 aliphatic heterocycles. The summed E-state index contributed by atoms with van der Waals surface area (Å²) >= 11 is 2.96. The Morgan fingerprint density at radius 3 is 2.90 bits per heavy atom. The molecule has 1 aromatic rings. The van der Waals surface area contributed by atoms with Crippen LogP contribution in [-0.4, -0.2) is 17.8 Å². The van der Waals surface area contributed by atoms with Gasteiger partial charge in [-0.3, -0.25) is 9.59 Å². The first-order valence-corrected chi connectivity index (χ1v) is 8.05. The van der Waals surface area contributed by atoms with Gasteiger partial charge in [-0.2, -0.15) is 0 Å². The quantitative estimate of drug-likeness (QED) is 0.484. The number of aryl methyl sites for hydroxylation is 1. The molecule has 0 amide bonds. The molecule has 102 valence electrons. The molecule has 2 rings (SSSR count). The number of rotatable bonds is 4. The summed E-state index contributed by atoms with van der Waals surface area (Å²) in [6.07, 6.45) is 6.28. The number of thioether (sulfide) groups is 2. The van der Waals surface area contributed by atoms with Crippen LogP contribution in [0.1, 0.15) is 22.8 Å². The Bertz CT molecular complexity index is 611. The number of Topliss-reactive ketones (excluding diaryl/α,β-unsaturated/α-hetero) is 1. The number of ketones is 1. The number of carbonyl (C=O) groups is 2. The van der Waals surface area contributed by atoms with Crippen molar-refractivity contribution in [2.24, 2.45) is 0 Å². The van der Waals surface area contributed by atoms with Gasteiger partial charge in [0.1, 0.15) is 0 Å². The van der Waals surface area contributed by atoms with Crippen LogP contribution in [0.2, 0.25) is 0 Å². The van der Waals surface area contributed by atoms with Gasteiger partial charge >= 0.3 is 0 Å². The van der Waals surface area contributed by atoms with E-state index < -0.39 is 0 Å². The fourth-order valence-electron chi connectivity index (χ4n) is 2.08. The van der Waals surface area contributed by atoms with Gasteiger partial charge < -0.3 is 0 Å². The van der Waals surface area contributed by atoms with Crippen LogP contribution in [0.4, 0.5) is 0 Å². The monoisotopic (exact) mass is 302 g/mol. The third-order valence-corrected chi connectivity index (χ3v) is 5.65. The molecule has 1 atom stereocenters. The fraction of sp³-hybridized carbons (Fsp3) is 0.250. The highest BCUT2D eigenvalue weighted by atomic mass is 32.2. The number of benzene rings is 1. The molecule has 1 aromatic carbocycles. The first kappa shape index (κ1) is 15.0. The van der Waals surface area contributed by atoms with E-state index in [0.717, 1.165) is 15.4 Å². The van der Waals surface area contributed by atoms with Crippen molar-refractivity contribution in [2.45, 2.75) is 18.6 Å². The number of carbonyl (C=O) groups excluding carboxylic acids is 2. The molecule has 0 fully saturated rings. The Morgan fingerprint density at radius 1 is 1.50 bits per heavy atom. The second-order valence-corrected chi connectivity index (χ2v) is 6.86. The molecular weight excluding hydrogens is 288 g/mol. The summed E-state index contributed by atoms with van der Waals surface area (Å²) in [7, 11) is 0. The zero-order valence-electron chi connectivity index (χ0n) is 11.1. The van der Waals surface area contributed by atoms with Crippen LogP contribution in [-0.2, 0) is 9.59 Å².